The van der Waals surface area contributed by atoms with Gasteiger partial charge in [-0.15, -0.1) is 0 Å². The van der Waals surface area contributed by atoms with Crippen LogP contribution in [-0.4, -0.2) is 58.9 Å². The number of carbonyl (C=O) groups is 2. The highest BCUT2D eigenvalue weighted by molar-refractivity contribution is 6.33. The summed E-state index contributed by atoms with van der Waals surface area (Å²) >= 11 is 6.10. The number of aromatic nitrogens is 1. The number of aryl methyl sites for hydroxylation is 1. The van der Waals surface area contributed by atoms with E-state index in [4.69, 9.17) is 11.6 Å². The molecular formula is C24H25ClN4O2. The summed E-state index contributed by atoms with van der Waals surface area (Å²) in [7, 11) is 0. The molecule has 1 aromatic heterocycles. The van der Waals surface area contributed by atoms with Gasteiger partial charge in [-0.1, -0.05) is 29.8 Å². The lowest BCUT2D eigenvalue weighted by atomic mass is 10.1. The number of nitrogens with one attached hydrogen (secondary N) is 1. The molecule has 0 radical (unpaired) electrons. The molecule has 1 aliphatic heterocycles. The molecule has 7 heteroatoms. The van der Waals surface area contributed by atoms with Crippen molar-refractivity contribution in [1.29, 1.82) is 0 Å². The molecule has 160 valence electrons. The first-order valence-electron chi connectivity index (χ1n) is 10.3. The number of piperazine rings is 1. The van der Waals surface area contributed by atoms with Crippen molar-refractivity contribution in [2.24, 2.45) is 0 Å². The average Bonchev–Trinajstić information content (AvgIpc) is 3.30. The maximum absolute atomic E-state index is 13.0. The summed E-state index contributed by atoms with van der Waals surface area (Å²) in [5, 5.41) is 3.36. The maximum atomic E-state index is 13.0. The minimum atomic E-state index is -0.109. The van der Waals surface area contributed by atoms with Gasteiger partial charge in [-0.2, -0.15) is 0 Å². The molecule has 0 saturated carbocycles. The standard InChI is InChI=1S/C24H25ClN4O2/c1-18-8-9-19(16-22(18)28-10-4-5-11-28)24(31)29-14-12-27(13-15-29)17-23(30)26-21-7-3-2-6-20(21)25/h2-11,16H,12-15,17H2,1H3,(H,26,30). The molecule has 6 nitrogen and oxygen atoms in total. The summed E-state index contributed by atoms with van der Waals surface area (Å²) in [4.78, 5) is 29.3. The van der Waals surface area contributed by atoms with Gasteiger partial charge in [-0.3, -0.25) is 14.5 Å². The minimum Gasteiger partial charge on any atom is -0.336 e. The van der Waals surface area contributed by atoms with Crippen LogP contribution in [0.5, 0.6) is 0 Å². The second kappa shape index (κ2) is 9.37. The van der Waals surface area contributed by atoms with Gasteiger partial charge in [0.1, 0.15) is 0 Å². The zero-order valence-corrected chi connectivity index (χ0v) is 18.2. The Morgan fingerprint density at radius 1 is 0.968 bits per heavy atom. The third-order valence-electron chi connectivity index (χ3n) is 5.51. The Morgan fingerprint density at radius 2 is 1.68 bits per heavy atom. The van der Waals surface area contributed by atoms with Crippen molar-refractivity contribution in [2.75, 3.05) is 38.0 Å². The lowest BCUT2D eigenvalue weighted by Crippen LogP contribution is -2.50. The van der Waals surface area contributed by atoms with E-state index in [1.54, 1.807) is 12.1 Å². The monoisotopic (exact) mass is 436 g/mol. The fourth-order valence-electron chi connectivity index (χ4n) is 3.76. The largest absolute Gasteiger partial charge is 0.336 e. The van der Waals surface area contributed by atoms with Crippen LogP contribution in [0.25, 0.3) is 5.69 Å². The van der Waals surface area contributed by atoms with E-state index in [-0.39, 0.29) is 18.4 Å². The number of hydrogen-bond donors (Lipinski definition) is 1. The van der Waals surface area contributed by atoms with E-state index in [0.29, 0.717) is 42.5 Å². The van der Waals surface area contributed by atoms with Crippen molar-refractivity contribution in [1.82, 2.24) is 14.4 Å². The van der Waals surface area contributed by atoms with Crippen LogP contribution < -0.4 is 5.32 Å². The Labute approximate surface area is 187 Å². The third kappa shape index (κ3) is 4.98. The summed E-state index contributed by atoms with van der Waals surface area (Å²) in [6.07, 6.45) is 3.95. The Kier molecular flexibility index (Phi) is 6.39. The molecule has 0 atom stereocenters. The second-order valence-corrected chi connectivity index (χ2v) is 8.10. The Morgan fingerprint density at radius 3 is 2.39 bits per heavy atom. The molecule has 3 aromatic rings. The first kappa shape index (κ1) is 21.2. The molecule has 31 heavy (non-hydrogen) atoms. The van der Waals surface area contributed by atoms with Crippen molar-refractivity contribution < 1.29 is 9.59 Å². The van der Waals surface area contributed by atoms with E-state index in [9.17, 15) is 9.59 Å². The quantitative estimate of drug-likeness (QED) is 0.661. The van der Waals surface area contributed by atoms with E-state index in [0.717, 1.165) is 11.3 Å². The highest BCUT2D eigenvalue weighted by Gasteiger charge is 2.24. The smallest absolute Gasteiger partial charge is 0.254 e. The lowest BCUT2D eigenvalue weighted by Gasteiger charge is -2.34. The Hall–Kier alpha value is -3.09. The summed E-state index contributed by atoms with van der Waals surface area (Å²) < 4.78 is 2.02. The summed E-state index contributed by atoms with van der Waals surface area (Å²) in [6.45, 7) is 4.79. The maximum Gasteiger partial charge on any atom is 0.254 e. The molecule has 1 N–H and O–H groups in total. The van der Waals surface area contributed by atoms with Gasteiger partial charge in [-0.25, -0.2) is 0 Å². The van der Waals surface area contributed by atoms with Gasteiger partial charge in [-0.05, 0) is 48.9 Å². The van der Waals surface area contributed by atoms with Crippen LogP contribution >= 0.6 is 11.6 Å². The van der Waals surface area contributed by atoms with Gasteiger partial charge >= 0.3 is 0 Å². The van der Waals surface area contributed by atoms with Crippen LogP contribution in [0.1, 0.15) is 15.9 Å². The Balaban J connectivity index is 1.34. The van der Waals surface area contributed by atoms with Crippen LogP contribution in [0, 0.1) is 6.92 Å². The predicted octanol–water partition coefficient (Wildman–Crippen LogP) is 3.84. The molecule has 0 aliphatic carbocycles. The zero-order chi connectivity index (χ0) is 21.8. The molecule has 0 unspecified atom stereocenters. The average molecular weight is 437 g/mol. The third-order valence-corrected chi connectivity index (χ3v) is 5.84. The van der Waals surface area contributed by atoms with E-state index < -0.39 is 0 Å². The number of hydrogen-bond acceptors (Lipinski definition) is 3. The fourth-order valence-corrected chi connectivity index (χ4v) is 3.95. The molecule has 2 amide bonds. The fraction of sp³-hybridized carbons (Fsp3) is 0.250. The van der Waals surface area contributed by atoms with Crippen LogP contribution in [0.4, 0.5) is 5.69 Å². The first-order chi connectivity index (χ1) is 15.0. The number of halogens is 1. The van der Waals surface area contributed by atoms with Gasteiger partial charge in [0, 0.05) is 49.8 Å². The molecule has 1 saturated heterocycles. The number of nitrogens with zero attached hydrogens (tertiary/aromatic N) is 3. The summed E-state index contributed by atoms with van der Waals surface area (Å²) in [5.74, 6) is -0.0867. The summed E-state index contributed by atoms with van der Waals surface area (Å²) in [5.41, 5.74) is 3.41. The topological polar surface area (TPSA) is 57.6 Å². The second-order valence-electron chi connectivity index (χ2n) is 7.69. The first-order valence-corrected chi connectivity index (χ1v) is 10.7. The van der Waals surface area contributed by atoms with Gasteiger partial charge in [0.15, 0.2) is 0 Å². The van der Waals surface area contributed by atoms with Crippen LogP contribution in [-0.2, 0) is 4.79 Å². The van der Waals surface area contributed by atoms with Gasteiger partial charge in [0.05, 0.1) is 17.3 Å². The predicted molar refractivity (Wildman–Crippen MR) is 123 cm³/mol. The number of anilines is 1. The number of carbonyl (C=O) groups excluding carboxylic acids is 2. The lowest BCUT2D eigenvalue weighted by molar-refractivity contribution is -0.117. The van der Waals surface area contributed by atoms with Crippen molar-refractivity contribution in [2.45, 2.75) is 6.92 Å². The van der Waals surface area contributed by atoms with Crippen molar-refractivity contribution in [3.63, 3.8) is 0 Å². The van der Waals surface area contributed by atoms with E-state index >= 15 is 0 Å². The van der Waals surface area contributed by atoms with Gasteiger partial charge in [0.2, 0.25) is 5.91 Å². The van der Waals surface area contributed by atoms with Crippen LogP contribution in [0.3, 0.4) is 0 Å². The molecule has 0 bridgehead atoms. The minimum absolute atomic E-state index is 0.0218. The van der Waals surface area contributed by atoms with Gasteiger partial charge in [0.25, 0.3) is 5.91 Å². The molecule has 4 rings (SSSR count). The highest BCUT2D eigenvalue weighted by atomic mass is 35.5. The molecule has 2 heterocycles. The highest BCUT2D eigenvalue weighted by Crippen LogP contribution is 2.21. The van der Waals surface area contributed by atoms with Crippen molar-refractivity contribution >= 4 is 29.1 Å². The summed E-state index contributed by atoms with van der Waals surface area (Å²) in [6, 6.07) is 16.9. The molecule has 1 fully saturated rings. The molecule has 2 aromatic carbocycles. The number of rotatable bonds is 5. The molecular weight excluding hydrogens is 412 g/mol. The zero-order valence-electron chi connectivity index (χ0n) is 17.4. The van der Waals surface area contributed by atoms with Gasteiger partial charge < -0.3 is 14.8 Å². The number of para-hydroxylation sites is 1. The van der Waals surface area contributed by atoms with Crippen LogP contribution in [0.2, 0.25) is 5.02 Å². The van der Waals surface area contributed by atoms with Crippen molar-refractivity contribution in [3.8, 4) is 5.69 Å². The van der Waals surface area contributed by atoms with Crippen LogP contribution in [0.15, 0.2) is 67.0 Å². The number of amides is 2. The Bertz CT molecular complexity index is 1070. The molecule has 0 spiro atoms. The van der Waals surface area contributed by atoms with E-state index in [1.165, 1.54) is 0 Å². The molecule has 1 aliphatic rings. The van der Waals surface area contributed by atoms with Crippen molar-refractivity contribution in [3.05, 3.63) is 83.1 Å². The SMILES string of the molecule is Cc1ccc(C(=O)N2CCN(CC(=O)Nc3ccccc3Cl)CC2)cc1-n1cccc1. The number of benzene rings is 2. The van der Waals surface area contributed by atoms with E-state index in [1.807, 2.05) is 71.2 Å². The van der Waals surface area contributed by atoms with E-state index in [2.05, 4.69) is 10.2 Å². The normalized spacial score (nSPS) is 14.5.